The molecule has 8 heteroatoms. The highest BCUT2D eigenvalue weighted by Gasteiger charge is 2.35. The zero-order valence-corrected chi connectivity index (χ0v) is 20.0. The van der Waals surface area contributed by atoms with E-state index in [1.165, 1.54) is 11.0 Å². The van der Waals surface area contributed by atoms with Crippen molar-refractivity contribution in [2.45, 2.75) is 26.7 Å². The van der Waals surface area contributed by atoms with Gasteiger partial charge >= 0.3 is 0 Å². The Morgan fingerprint density at radius 2 is 1.70 bits per heavy atom. The van der Waals surface area contributed by atoms with Gasteiger partial charge in [0.15, 0.2) is 5.11 Å². The van der Waals surface area contributed by atoms with Gasteiger partial charge in [-0.25, -0.2) is 0 Å². The van der Waals surface area contributed by atoms with Gasteiger partial charge in [0.05, 0.1) is 25.6 Å². The van der Waals surface area contributed by atoms with Crippen LogP contribution >= 0.6 is 12.2 Å². The fourth-order valence-electron chi connectivity index (χ4n) is 4.23. The predicted octanol–water partition coefficient (Wildman–Crippen LogP) is 3.75. The lowest BCUT2D eigenvalue weighted by Crippen LogP contribution is -2.54. The number of rotatable bonds is 5. The second kappa shape index (κ2) is 9.23. The van der Waals surface area contributed by atoms with E-state index >= 15 is 0 Å². The molecule has 0 radical (unpaired) electrons. The van der Waals surface area contributed by atoms with Crippen LogP contribution in [0.1, 0.15) is 29.5 Å². The van der Waals surface area contributed by atoms with Gasteiger partial charge in [-0.05, 0) is 68.2 Å². The summed E-state index contributed by atoms with van der Waals surface area (Å²) in [6, 6.07) is 9.34. The molecule has 0 bridgehead atoms. The molecule has 2 aliphatic rings. The van der Waals surface area contributed by atoms with E-state index in [9.17, 15) is 9.59 Å². The van der Waals surface area contributed by atoms with Crippen LogP contribution in [0, 0.1) is 13.8 Å². The van der Waals surface area contributed by atoms with Crippen LogP contribution in [-0.2, 0) is 9.59 Å². The number of thiocarbonyl (C=S) groups is 1. The number of hydrogen-bond acceptors (Lipinski definition) is 6. The average molecular weight is 466 g/mol. The van der Waals surface area contributed by atoms with Gasteiger partial charge in [-0.1, -0.05) is 12.1 Å². The van der Waals surface area contributed by atoms with Crippen LogP contribution in [0.2, 0.25) is 0 Å². The SMILES string of the molecule is COc1cc(N2CCCC2)c(OC)cc1/C=C1\C(=O)NC(=S)N(c2cccc(C)c2C)C1=O. The van der Waals surface area contributed by atoms with Crippen LogP contribution < -0.4 is 24.6 Å². The highest BCUT2D eigenvalue weighted by molar-refractivity contribution is 7.80. The second-order valence-electron chi connectivity index (χ2n) is 8.14. The molecule has 0 aromatic heterocycles. The number of benzene rings is 2. The van der Waals surface area contributed by atoms with Crippen LogP contribution in [0.15, 0.2) is 35.9 Å². The molecule has 1 N–H and O–H groups in total. The summed E-state index contributed by atoms with van der Waals surface area (Å²) in [6.45, 7) is 5.78. The van der Waals surface area contributed by atoms with Crippen molar-refractivity contribution in [2.24, 2.45) is 0 Å². The van der Waals surface area contributed by atoms with Gasteiger partial charge in [0.2, 0.25) is 0 Å². The van der Waals surface area contributed by atoms with Crippen molar-refractivity contribution < 1.29 is 19.1 Å². The molecular weight excluding hydrogens is 438 g/mol. The number of ether oxygens (including phenoxy) is 2. The number of nitrogens with one attached hydrogen (secondary N) is 1. The van der Waals surface area contributed by atoms with Crippen LogP contribution in [0.4, 0.5) is 11.4 Å². The normalized spacial score (nSPS) is 17.6. The van der Waals surface area contributed by atoms with Crippen molar-refractivity contribution in [1.29, 1.82) is 0 Å². The molecule has 0 spiro atoms. The van der Waals surface area contributed by atoms with Crippen molar-refractivity contribution in [2.75, 3.05) is 37.1 Å². The Labute approximate surface area is 199 Å². The molecule has 0 aliphatic carbocycles. The number of aryl methyl sites for hydroxylation is 1. The van der Waals surface area contributed by atoms with E-state index in [1.807, 2.05) is 38.1 Å². The molecule has 2 amide bonds. The molecule has 0 saturated carbocycles. The lowest BCUT2D eigenvalue weighted by atomic mass is 10.0. The maximum atomic E-state index is 13.5. The molecule has 2 saturated heterocycles. The Hall–Kier alpha value is -3.39. The second-order valence-corrected chi connectivity index (χ2v) is 8.52. The standard InChI is InChI=1S/C25H27N3O4S/c1-15-8-7-9-19(16(15)2)28-24(30)18(23(29)26-25(28)33)12-17-13-22(32-4)20(14-21(17)31-3)27-10-5-6-11-27/h7-9,12-14H,5-6,10-11H2,1-4H3,(H,26,29,33)/b18-12+. The van der Waals surface area contributed by atoms with Crippen molar-refractivity contribution in [3.8, 4) is 11.5 Å². The largest absolute Gasteiger partial charge is 0.496 e. The zero-order valence-electron chi connectivity index (χ0n) is 19.2. The minimum absolute atomic E-state index is 0.0289. The molecule has 2 fully saturated rings. The smallest absolute Gasteiger partial charge is 0.270 e. The third-order valence-electron chi connectivity index (χ3n) is 6.20. The minimum atomic E-state index is -0.545. The van der Waals surface area contributed by atoms with Gasteiger partial charge in [0.1, 0.15) is 17.1 Å². The van der Waals surface area contributed by atoms with Crippen LogP contribution in [-0.4, -0.2) is 44.2 Å². The summed E-state index contributed by atoms with van der Waals surface area (Å²) in [5.74, 6) is 0.186. The minimum Gasteiger partial charge on any atom is -0.496 e. The number of nitrogens with zero attached hydrogens (tertiary/aromatic N) is 2. The zero-order chi connectivity index (χ0) is 23.7. The summed E-state index contributed by atoms with van der Waals surface area (Å²) in [7, 11) is 3.18. The molecule has 172 valence electrons. The number of amides is 2. The molecule has 0 atom stereocenters. The quantitative estimate of drug-likeness (QED) is 0.412. The highest BCUT2D eigenvalue weighted by atomic mass is 32.1. The molecule has 2 aromatic rings. The van der Waals surface area contributed by atoms with Gasteiger partial charge in [0, 0.05) is 24.7 Å². The third kappa shape index (κ3) is 4.18. The van der Waals surface area contributed by atoms with Crippen molar-refractivity contribution >= 4 is 46.6 Å². The third-order valence-corrected chi connectivity index (χ3v) is 6.48. The van der Waals surface area contributed by atoms with Crippen LogP contribution in [0.25, 0.3) is 6.08 Å². The van der Waals surface area contributed by atoms with E-state index < -0.39 is 11.8 Å². The summed E-state index contributed by atoms with van der Waals surface area (Å²) < 4.78 is 11.2. The number of methoxy groups -OCH3 is 2. The Bertz CT molecular complexity index is 1170. The molecule has 2 aliphatic heterocycles. The first kappa shape index (κ1) is 22.8. The fourth-order valence-corrected chi connectivity index (χ4v) is 4.51. The van der Waals surface area contributed by atoms with Crippen molar-refractivity contribution in [1.82, 2.24) is 5.32 Å². The molecular formula is C25H27N3O4S. The molecule has 33 heavy (non-hydrogen) atoms. The summed E-state index contributed by atoms with van der Waals surface area (Å²) in [4.78, 5) is 29.9. The monoisotopic (exact) mass is 465 g/mol. The van der Waals surface area contributed by atoms with E-state index in [4.69, 9.17) is 21.7 Å². The highest BCUT2D eigenvalue weighted by Crippen LogP contribution is 2.38. The summed E-state index contributed by atoms with van der Waals surface area (Å²) >= 11 is 5.35. The summed E-state index contributed by atoms with van der Waals surface area (Å²) in [5, 5.41) is 2.71. The lowest BCUT2D eigenvalue weighted by Gasteiger charge is -2.30. The average Bonchev–Trinajstić information content (AvgIpc) is 3.33. The van der Waals surface area contributed by atoms with Gasteiger partial charge in [-0.2, -0.15) is 0 Å². The Morgan fingerprint density at radius 3 is 2.36 bits per heavy atom. The Morgan fingerprint density at radius 1 is 1.00 bits per heavy atom. The topological polar surface area (TPSA) is 71.1 Å². The van der Waals surface area contributed by atoms with E-state index in [-0.39, 0.29) is 10.7 Å². The van der Waals surface area contributed by atoms with E-state index in [2.05, 4.69) is 10.2 Å². The Kier molecular flexibility index (Phi) is 6.37. The Balaban J connectivity index is 1.78. The lowest BCUT2D eigenvalue weighted by molar-refractivity contribution is -0.122. The molecule has 4 rings (SSSR count). The van der Waals surface area contributed by atoms with E-state index in [1.54, 1.807) is 20.3 Å². The van der Waals surface area contributed by atoms with Crippen molar-refractivity contribution in [3.63, 3.8) is 0 Å². The van der Waals surface area contributed by atoms with Gasteiger partial charge < -0.3 is 14.4 Å². The molecule has 7 nitrogen and oxygen atoms in total. The van der Waals surface area contributed by atoms with Crippen molar-refractivity contribution in [3.05, 3.63) is 52.6 Å². The van der Waals surface area contributed by atoms with E-state index in [0.717, 1.165) is 42.7 Å². The summed E-state index contributed by atoms with van der Waals surface area (Å²) in [6.07, 6.45) is 3.78. The first-order valence-electron chi connectivity index (χ1n) is 10.8. The molecule has 2 heterocycles. The predicted molar refractivity (Wildman–Crippen MR) is 133 cm³/mol. The number of carbonyl (C=O) groups excluding carboxylic acids is 2. The van der Waals surface area contributed by atoms with Crippen LogP contribution in [0.3, 0.4) is 0 Å². The number of hydrogen-bond donors (Lipinski definition) is 1. The van der Waals surface area contributed by atoms with Gasteiger partial charge in [0.25, 0.3) is 11.8 Å². The first-order chi connectivity index (χ1) is 15.8. The number of carbonyl (C=O) groups is 2. The summed E-state index contributed by atoms with van der Waals surface area (Å²) in [5.41, 5.74) is 4.06. The van der Waals surface area contributed by atoms with Crippen LogP contribution in [0.5, 0.6) is 11.5 Å². The fraction of sp³-hybridized carbons (Fsp3) is 0.320. The molecule has 2 aromatic carbocycles. The first-order valence-corrected chi connectivity index (χ1v) is 11.2. The molecule has 0 unspecified atom stereocenters. The van der Waals surface area contributed by atoms with Gasteiger partial charge in [-0.3, -0.25) is 19.8 Å². The maximum absolute atomic E-state index is 13.5. The van der Waals surface area contributed by atoms with Gasteiger partial charge in [-0.15, -0.1) is 0 Å². The number of anilines is 2. The van der Waals surface area contributed by atoms with E-state index in [0.29, 0.717) is 22.7 Å². The maximum Gasteiger partial charge on any atom is 0.270 e.